The molecule has 3 nitrogen and oxygen atoms in total. The second-order valence-corrected chi connectivity index (χ2v) is 8.64. The number of likely N-dealkylation sites (tertiary alicyclic amines) is 1. The van der Waals surface area contributed by atoms with E-state index in [1.165, 1.54) is 28.8 Å². The molecule has 31 heavy (non-hydrogen) atoms. The Morgan fingerprint density at radius 3 is 2.26 bits per heavy atom. The summed E-state index contributed by atoms with van der Waals surface area (Å²) in [5.74, 6) is 0.758. The standard InChI is InChI=1S/C27H31FN2O/c1-29(2)20-23-5-3-4-6-27(23)22-9-13-25(14-10-22)31-26-15-17-30(18-16-26)19-21-7-11-24(28)12-8-21/h3-14,26H,15-20H2,1-2H3. The van der Waals surface area contributed by atoms with E-state index < -0.39 is 0 Å². The van der Waals surface area contributed by atoms with Crippen molar-refractivity contribution in [2.45, 2.75) is 32.0 Å². The molecule has 162 valence electrons. The van der Waals surface area contributed by atoms with Gasteiger partial charge in [0.25, 0.3) is 0 Å². The van der Waals surface area contributed by atoms with Crippen molar-refractivity contribution in [3.05, 3.63) is 89.7 Å². The minimum Gasteiger partial charge on any atom is -0.490 e. The highest BCUT2D eigenvalue weighted by molar-refractivity contribution is 5.67. The number of rotatable bonds is 7. The minimum absolute atomic E-state index is 0.178. The maximum atomic E-state index is 13.1. The van der Waals surface area contributed by atoms with Crippen LogP contribution in [-0.4, -0.2) is 43.1 Å². The van der Waals surface area contributed by atoms with Crippen molar-refractivity contribution in [3.8, 4) is 16.9 Å². The molecular formula is C27H31FN2O. The smallest absolute Gasteiger partial charge is 0.123 e. The van der Waals surface area contributed by atoms with Gasteiger partial charge in [0, 0.05) is 26.2 Å². The summed E-state index contributed by atoms with van der Waals surface area (Å²) in [5.41, 5.74) is 4.98. The first-order valence-corrected chi connectivity index (χ1v) is 11.0. The molecule has 0 atom stereocenters. The van der Waals surface area contributed by atoms with Crippen LogP contribution in [0.1, 0.15) is 24.0 Å². The highest BCUT2D eigenvalue weighted by Crippen LogP contribution is 2.28. The maximum Gasteiger partial charge on any atom is 0.123 e. The van der Waals surface area contributed by atoms with Crippen LogP contribution in [0.15, 0.2) is 72.8 Å². The largest absolute Gasteiger partial charge is 0.490 e. The van der Waals surface area contributed by atoms with Gasteiger partial charge in [-0.3, -0.25) is 4.90 Å². The zero-order valence-electron chi connectivity index (χ0n) is 18.4. The average Bonchev–Trinajstić information content (AvgIpc) is 2.77. The van der Waals surface area contributed by atoms with Crippen LogP contribution in [0.3, 0.4) is 0 Å². The van der Waals surface area contributed by atoms with Crippen molar-refractivity contribution >= 4 is 0 Å². The zero-order chi connectivity index (χ0) is 21.6. The summed E-state index contributed by atoms with van der Waals surface area (Å²) in [6.07, 6.45) is 2.26. The number of nitrogens with zero attached hydrogens (tertiary/aromatic N) is 2. The van der Waals surface area contributed by atoms with Gasteiger partial charge < -0.3 is 9.64 Å². The van der Waals surface area contributed by atoms with Gasteiger partial charge >= 0.3 is 0 Å². The van der Waals surface area contributed by atoms with Crippen LogP contribution in [0.4, 0.5) is 4.39 Å². The number of halogens is 1. The molecule has 0 spiro atoms. The van der Waals surface area contributed by atoms with Gasteiger partial charge in [-0.15, -0.1) is 0 Å². The fraction of sp³-hybridized carbons (Fsp3) is 0.333. The van der Waals surface area contributed by atoms with Gasteiger partial charge in [-0.1, -0.05) is 48.5 Å². The first-order chi connectivity index (χ1) is 15.1. The van der Waals surface area contributed by atoms with Crippen LogP contribution in [-0.2, 0) is 13.1 Å². The third kappa shape index (κ3) is 5.93. The van der Waals surface area contributed by atoms with Crippen LogP contribution < -0.4 is 4.74 Å². The molecule has 3 aromatic rings. The molecule has 1 fully saturated rings. The minimum atomic E-state index is -0.178. The number of benzene rings is 3. The Morgan fingerprint density at radius 2 is 1.58 bits per heavy atom. The quantitative estimate of drug-likeness (QED) is 0.497. The topological polar surface area (TPSA) is 15.7 Å². The van der Waals surface area contributed by atoms with Gasteiger partial charge in [-0.25, -0.2) is 4.39 Å². The summed E-state index contributed by atoms with van der Waals surface area (Å²) < 4.78 is 19.4. The summed E-state index contributed by atoms with van der Waals surface area (Å²) in [6, 6.07) is 23.9. The van der Waals surface area contributed by atoms with E-state index in [9.17, 15) is 4.39 Å². The molecule has 0 saturated carbocycles. The Labute approximate surface area is 185 Å². The van der Waals surface area contributed by atoms with Crippen molar-refractivity contribution in [1.29, 1.82) is 0 Å². The molecule has 0 amide bonds. The Bertz CT molecular complexity index is 961. The molecule has 4 heteroatoms. The second kappa shape index (κ2) is 10.1. The van der Waals surface area contributed by atoms with Crippen molar-refractivity contribution < 1.29 is 9.13 Å². The SMILES string of the molecule is CN(C)Cc1ccccc1-c1ccc(OC2CCN(Cc3ccc(F)cc3)CC2)cc1. The van der Waals surface area contributed by atoms with Crippen LogP contribution >= 0.6 is 0 Å². The lowest BCUT2D eigenvalue weighted by atomic mass is 9.99. The lowest BCUT2D eigenvalue weighted by Crippen LogP contribution is -2.37. The van der Waals surface area contributed by atoms with Crippen molar-refractivity contribution in [1.82, 2.24) is 9.80 Å². The van der Waals surface area contributed by atoms with Gasteiger partial charge in [0.05, 0.1) is 0 Å². The van der Waals surface area contributed by atoms with Gasteiger partial charge in [-0.05, 0) is 73.5 Å². The predicted molar refractivity (Wildman–Crippen MR) is 125 cm³/mol. The van der Waals surface area contributed by atoms with E-state index >= 15 is 0 Å². The molecule has 0 aliphatic carbocycles. The molecule has 0 radical (unpaired) electrons. The number of ether oxygens (including phenoxy) is 1. The lowest BCUT2D eigenvalue weighted by molar-refractivity contribution is 0.0968. The summed E-state index contributed by atoms with van der Waals surface area (Å²) in [7, 11) is 4.19. The van der Waals surface area contributed by atoms with Crippen molar-refractivity contribution in [2.24, 2.45) is 0 Å². The van der Waals surface area contributed by atoms with Crippen LogP contribution in [0.5, 0.6) is 5.75 Å². The third-order valence-electron chi connectivity index (χ3n) is 5.83. The van der Waals surface area contributed by atoms with E-state index in [0.29, 0.717) is 0 Å². The first-order valence-electron chi connectivity index (χ1n) is 11.0. The fourth-order valence-electron chi connectivity index (χ4n) is 4.22. The van der Waals surface area contributed by atoms with E-state index in [2.05, 4.69) is 72.4 Å². The molecule has 1 saturated heterocycles. The summed E-state index contributed by atoms with van der Waals surface area (Å²) >= 11 is 0. The number of hydrogen-bond acceptors (Lipinski definition) is 3. The van der Waals surface area contributed by atoms with Gasteiger partial charge in [-0.2, -0.15) is 0 Å². The summed E-state index contributed by atoms with van der Waals surface area (Å²) in [4.78, 5) is 4.61. The van der Waals surface area contributed by atoms with Crippen molar-refractivity contribution in [3.63, 3.8) is 0 Å². The molecule has 0 aromatic heterocycles. The van der Waals surface area contributed by atoms with Gasteiger partial charge in [0.2, 0.25) is 0 Å². The monoisotopic (exact) mass is 418 g/mol. The molecule has 0 bridgehead atoms. The molecule has 4 rings (SSSR count). The van der Waals surface area contributed by atoms with Crippen LogP contribution in [0.2, 0.25) is 0 Å². The Kier molecular flexibility index (Phi) is 7.00. The predicted octanol–water partition coefficient (Wildman–Crippen LogP) is 5.60. The lowest BCUT2D eigenvalue weighted by Gasteiger charge is -2.32. The van der Waals surface area contributed by atoms with E-state index in [1.807, 2.05) is 12.1 Å². The maximum absolute atomic E-state index is 13.1. The first kappa shape index (κ1) is 21.5. The molecule has 3 aromatic carbocycles. The van der Waals surface area contributed by atoms with Crippen LogP contribution in [0, 0.1) is 5.82 Å². The molecule has 1 aliphatic rings. The Morgan fingerprint density at radius 1 is 0.903 bits per heavy atom. The molecule has 0 unspecified atom stereocenters. The zero-order valence-corrected chi connectivity index (χ0v) is 18.4. The number of hydrogen-bond donors (Lipinski definition) is 0. The molecule has 1 aliphatic heterocycles. The second-order valence-electron chi connectivity index (χ2n) is 8.64. The Balaban J connectivity index is 1.32. The molecule has 1 heterocycles. The van der Waals surface area contributed by atoms with Gasteiger partial charge in [0.1, 0.15) is 17.7 Å². The normalized spacial score (nSPS) is 15.4. The highest BCUT2D eigenvalue weighted by atomic mass is 19.1. The molecule has 0 N–H and O–H groups in total. The third-order valence-corrected chi connectivity index (χ3v) is 5.83. The average molecular weight is 419 g/mol. The highest BCUT2D eigenvalue weighted by Gasteiger charge is 2.20. The van der Waals surface area contributed by atoms with Gasteiger partial charge in [0.15, 0.2) is 0 Å². The number of piperidine rings is 1. The van der Waals surface area contributed by atoms with E-state index in [1.54, 1.807) is 0 Å². The van der Waals surface area contributed by atoms with Crippen LogP contribution in [0.25, 0.3) is 11.1 Å². The summed E-state index contributed by atoms with van der Waals surface area (Å²) in [6.45, 7) is 3.79. The van der Waals surface area contributed by atoms with E-state index in [4.69, 9.17) is 4.74 Å². The fourth-order valence-corrected chi connectivity index (χ4v) is 4.22. The van der Waals surface area contributed by atoms with Crippen molar-refractivity contribution in [2.75, 3.05) is 27.2 Å². The van der Waals surface area contributed by atoms with E-state index in [-0.39, 0.29) is 11.9 Å². The Hall–Kier alpha value is -2.69. The summed E-state index contributed by atoms with van der Waals surface area (Å²) in [5, 5.41) is 0. The van der Waals surface area contributed by atoms with E-state index in [0.717, 1.165) is 50.3 Å². The molecular weight excluding hydrogens is 387 g/mol.